The van der Waals surface area contributed by atoms with E-state index in [-0.39, 0.29) is 130 Å². The van der Waals surface area contributed by atoms with Crippen molar-refractivity contribution >= 4 is 41.8 Å². The molecule has 0 heterocycles. The Morgan fingerprint density at radius 1 is 0.252 bits per heavy atom. The predicted octanol–water partition coefficient (Wildman–Crippen LogP) is 29.8. The highest BCUT2D eigenvalue weighted by atomic mass is 16.6. The molecule has 2 bridgehead atoms. The van der Waals surface area contributed by atoms with E-state index in [0.29, 0.717) is 29.6 Å². The predicted molar refractivity (Wildman–Crippen MR) is 491 cm³/mol. The van der Waals surface area contributed by atoms with E-state index in [1.54, 1.807) is 0 Å². The van der Waals surface area contributed by atoms with Crippen molar-refractivity contribution in [2.45, 2.75) is 550 Å². The molecule has 0 aromatic heterocycles. The van der Waals surface area contributed by atoms with Crippen LogP contribution in [0.5, 0.6) is 0 Å². The van der Waals surface area contributed by atoms with Crippen LogP contribution < -0.4 is 0 Å². The summed E-state index contributed by atoms with van der Waals surface area (Å²) in [4.78, 5) is 85.3. The molecule has 3 atom stereocenters. The lowest BCUT2D eigenvalue weighted by Gasteiger charge is -2.47. The second-order valence-corrected chi connectivity index (χ2v) is 46.5. The van der Waals surface area contributed by atoms with E-state index in [2.05, 4.69) is 96.9 Å². The quantitative estimate of drug-likeness (QED) is 0.0478. The normalized spacial score (nSPS) is 23.9. The first-order chi connectivity index (χ1) is 54.7. The minimum absolute atomic E-state index is 0.0219. The van der Waals surface area contributed by atoms with Crippen LogP contribution in [0.15, 0.2) is 0 Å². The Bertz CT molecular complexity index is 3020. The average molecular weight is 1680 g/mol. The molecule has 9 rings (SSSR count). The van der Waals surface area contributed by atoms with Crippen molar-refractivity contribution in [1.82, 2.24) is 0 Å². The number of hydrogen-bond donors (Lipinski definition) is 0. The van der Waals surface area contributed by atoms with Gasteiger partial charge >= 0.3 is 41.8 Å². The number of carbonyl (C=O) groups is 7. The topological polar surface area (TPSA) is 184 Å². The van der Waals surface area contributed by atoms with Crippen molar-refractivity contribution in [1.29, 1.82) is 0 Å². The van der Waals surface area contributed by atoms with Gasteiger partial charge in [-0.2, -0.15) is 0 Å². The summed E-state index contributed by atoms with van der Waals surface area (Å²) in [6, 6.07) is 0. The molecule has 119 heavy (non-hydrogen) atoms. The van der Waals surface area contributed by atoms with Crippen LogP contribution in [-0.2, 0) is 66.7 Å². The first kappa shape index (κ1) is 109. The molecule has 9 saturated carbocycles. The molecule has 14 heteroatoms. The van der Waals surface area contributed by atoms with Crippen molar-refractivity contribution < 1.29 is 66.7 Å². The van der Waals surface area contributed by atoms with Crippen LogP contribution in [0.3, 0.4) is 0 Å². The highest BCUT2D eigenvalue weighted by Crippen LogP contribution is 2.71. The summed E-state index contributed by atoms with van der Waals surface area (Å²) in [6.07, 6.45) is 50.6. The molecule has 0 aliphatic heterocycles. The zero-order valence-electron chi connectivity index (χ0n) is 84.2. The van der Waals surface area contributed by atoms with Gasteiger partial charge in [0.2, 0.25) is 0 Å². The van der Waals surface area contributed by atoms with Gasteiger partial charge in [0, 0.05) is 5.41 Å². The van der Waals surface area contributed by atoms with Crippen LogP contribution >= 0.6 is 0 Å². The highest BCUT2D eigenvalue weighted by molar-refractivity contribution is 5.79. The SMILES string of the molecule is CCC(C)(C)C(=O)OC(C)(C)C1CCCC1.CCC(C)(C)C(=O)OC(C)(C)C1CCCCC1.CCC(C)(C)C(=O)OC(C)(C1CCCCC1)C1CCCCC1.CCC(C)(C)C(=O)OC1(C)CC2CCC1(C)C2(C)C.CCC(C)(C)C(=O)OC1(C)CCCC1.CCC(C)(C)C(=O)OC1(C)CCCCC1.CCC(C)(C)C(=O)OC1(C)CCCCCC1. The van der Waals surface area contributed by atoms with Crippen molar-refractivity contribution in [2.75, 3.05) is 0 Å². The zero-order chi connectivity index (χ0) is 91.0. The van der Waals surface area contributed by atoms with Crippen molar-refractivity contribution in [3.8, 4) is 0 Å². The monoisotopic (exact) mass is 1680 g/mol. The van der Waals surface area contributed by atoms with Gasteiger partial charge in [0.1, 0.15) is 39.2 Å². The maximum atomic E-state index is 12.8. The molecule has 3 unspecified atom stereocenters. The molecule has 9 fully saturated rings. The Kier molecular flexibility index (Phi) is 42.0. The molecule has 0 radical (unpaired) electrons. The van der Waals surface area contributed by atoms with E-state index >= 15 is 0 Å². The van der Waals surface area contributed by atoms with E-state index < -0.39 is 0 Å². The lowest BCUT2D eigenvalue weighted by atomic mass is 9.65. The van der Waals surface area contributed by atoms with Crippen LogP contribution in [0.2, 0.25) is 0 Å². The summed E-state index contributed by atoms with van der Waals surface area (Å²) < 4.78 is 41.0. The van der Waals surface area contributed by atoms with Crippen LogP contribution in [0.4, 0.5) is 0 Å². The summed E-state index contributed by atoms with van der Waals surface area (Å²) in [6.45, 7) is 67.9. The van der Waals surface area contributed by atoms with Crippen LogP contribution in [0.25, 0.3) is 0 Å². The van der Waals surface area contributed by atoms with Crippen molar-refractivity contribution in [2.24, 2.45) is 78.3 Å². The summed E-state index contributed by atoms with van der Waals surface area (Å²) in [5.41, 5.74) is -3.73. The number of carbonyl (C=O) groups excluding carboxylic acids is 7. The summed E-state index contributed by atoms with van der Waals surface area (Å²) >= 11 is 0. The maximum absolute atomic E-state index is 12.8. The van der Waals surface area contributed by atoms with Crippen molar-refractivity contribution in [3.05, 3.63) is 0 Å². The molecule has 0 amide bonds. The van der Waals surface area contributed by atoms with Gasteiger partial charge in [0.25, 0.3) is 0 Å². The van der Waals surface area contributed by atoms with E-state index in [1.165, 1.54) is 193 Å². The first-order valence-electron chi connectivity index (χ1n) is 49.3. The number of rotatable bonds is 25. The van der Waals surface area contributed by atoms with Gasteiger partial charge in [0.15, 0.2) is 0 Å². The second-order valence-electron chi connectivity index (χ2n) is 46.5. The molecular weight excluding hydrogens is 1490 g/mol. The van der Waals surface area contributed by atoms with E-state index in [0.717, 1.165) is 89.9 Å². The summed E-state index contributed by atoms with van der Waals surface area (Å²) in [7, 11) is 0. The van der Waals surface area contributed by atoms with Crippen molar-refractivity contribution in [3.63, 3.8) is 0 Å². The standard InChI is InChI=1S/C20H36O2.C17H30O2.C15H28O2.2C14H26O2.C13H24O2.C12H22O2/c1-5-19(2,3)18(21)22-20(4,16-12-8-6-9-13-16)17-14-10-7-11-15-17;1-8-14(2,3)13(18)19-17(7)11-12-9-10-16(17,6)15(12,4)5;1-6-14(2,3)13(16)17-15(4,5)12-10-8-7-9-11-12;1-6-13(2,3)12(15)16-14(4,5)11-9-7-8-10-11;1-5-13(2,3)12(15)16-14(4)10-8-6-7-9-11-14;1-5-12(2,3)11(14)15-13(4)9-7-6-8-10-13;1-5-11(2,3)10(13)14-12(4)8-6-7-9-12/h16-17H,5-15H2,1-4H3;12H,8-11H2,1-7H3;12H,6-11H2,1-5H3;11H,6-10H2,1-5H3;5-11H2,1-4H3;5-10H2,1-4H3;5-9H2,1-4H3. The minimum Gasteiger partial charge on any atom is -0.459 e. The molecule has 14 nitrogen and oxygen atoms in total. The molecule has 0 N–H and O–H groups in total. The fourth-order valence-corrected chi connectivity index (χ4v) is 18.9. The maximum Gasteiger partial charge on any atom is 0.312 e. The Morgan fingerprint density at radius 2 is 0.462 bits per heavy atom. The fourth-order valence-electron chi connectivity index (χ4n) is 18.9. The van der Waals surface area contributed by atoms with Crippen LogP contribution in [0, 0.1) is 78.3 Å². The molecule has 0 saturated heterocycles. The Morgan fingerprint density at radius 3 is 0.706 bits per heavy atom. The van der Waals surface area contributed by atoms with Crippen LogP contribution in [0.1, 0.15) is 511 Å². The largest absolute Gasteiger partial charge is 0.459 e. The number of ether oxygens (including phenoxy) is 7. The van der Waals surface area contributed by atoms with Crippen LogP contribution in [-0.4, -0.2) is 81.0 Å². The average Bonchev–Trinajstić information content (AvgIpc) is 1.53. The summed E-state index contributed by atoms with van der Waals surface area (Å²) in [5, 5.41) is 0. The fraction of sp³-hybridized carbons (Fsp3) is 0.933. The molecular formula is C105H192O14. The van der Waals surface area contributed by atoms with Gasteiger partial charge in [-0.15, -0.1) is 0 Å². The molecule has 9 aliphatic carbocycles. The highest BCUT2D eigenvalue weighted by Gasteiger charge is 2.69. The third-order valence-corrected chi connectivity index (χ3v) is 33.1. The van der Waals surface area contributed by atoms with Gasteiger partial charge in [-0.25, -0.2) is 0 Å². The second kappa shape index (κ2) is 45.6. The number of esters is 7. The Hall–Kier alpha value is -3.71. The van der Waals surface area contributed by atoms with E-state index in [4.69, 9.17) is 33.2 Å². The molecule has 0 aromatic carbocycles. The Labute approximate surface area is 733 Å². The third kappa shape index (κ3) is 31.4. The smallest absolute Gasteiger partial charge is 0.312 e. The lowest BCUT2D eigenvalue weighted by Crippen LogP contribution is -2.49. The van der Waals surface area contributed by atoms with E-state index in [1.807, 2.05) is 132 Å². The van der Waals surface area contributed by atoms with Gasteiger partial charge < -0.3 is 33.2 Å². The zero-order valence-corrected chi connectivity index (χ0v) is 84.2. The van der Waals surface area contributed by atoms with E-state index in [9.17, 15) is 33.6 Å². The van der Waals surface area contributed by atoms with Gasteiger partial charge in [-0.3, -0.25) is 33.6 Å². The lowest BCUT2D eigenvalue weighted by molar-refractivity contribution is -0.187. The molecule has 696 valence electrons. The van der Waals surface area contributed by atoms with Gasteiger partial charge in [-0.1, -0.05) is 159 Å². The number of hydrogen-bond acceptors (Lipinski definition) is 14. The Balaban J connectivity index is 0.000000361. The summed E-state index contributed by atoms with van der Waals surface area (Å²) in [5.74, 6) is 2.72. The number of fused-ring (bicyclic) bond motifs is 2. The minimum atomic E-state index is -0.370. The third-order valence-electron chi connectivity index (χ3n) is 33.1. The first-order valence-corrected chi connectivity index (χ1v) is 49.3. The van der Waals surface area contributed by atoms with Gasteiger partial charge in [0.05, 0.1) is 37.9 Å². The van der Waals surface area contributed by atoms with Gasteiger partial charge in [-0.05, 0) is 387 Å². The molecule has 0 spiro atoms. The molecule has 0 aromatic rings. The molecule has 9 aliphatic rings.